The molecule has 2 aromatic carbocycles. The highest BCUT2D eigenvalue weighted by atomic mass is 35.5. The summed E-state index contributed by atoms with van der Waals surface area (Å²) in [5, 5.41) is 8.88. The Labute approximate surface area is 168 Å². The zero-order valence-corrected chi connectivity index (χ0v) is 17.0. The highest BCUT2D eigenvalue weighted by Gasteiger charge is 2.20. The molecule has 3 aromatic rings. The van der Waals surface area contributed by atoms with Crippen molar-refractivity contribution in [2.24, 2.45) is 0 Å². The maximum Gasteiger partial charge on any atom is 0.257 e. The van der Waals surface area contributed by atoms with Gasteiger partial charge in [0.1, 0.15) is 5.75 Å². The van der Waals surface area contributed by atoms with Gasteiger partial charge in [0.2, 0.25) is 11.6 Å². The third-order valence-corrected chi connectivity index (χ3v) is 4.38. The van der Waals surface area contributed by atoms with E-state index in [4.69, 9.17) is 35.0 Å². The van der Waals surface area contributed by atoms with Gasteiger partial charge in [-0.05, 0) is 49.7 Å². The number of halogens is 1. The molecule has 28 heavy (non-hydrogen) atoms. The van der Waals surface area contributed by atoms with Crippen LogP contribution in [0.3, 0.4) is 0 Å². The van der Waals surface area contributed by atoms with Crippen LogP contribution in [0.1, 0.15) is 24.5 Å². The monoisotopic (exact) mass is 404 g/mol. The topological polar surface area (TPSA) is 75.8 Å². The van der Waals surface area contributed by atoms with Crippen LogP contribution in [-0.2, 0) is 0 Å². The molecule has 1 atom stereocenters. The highest BCUT2D eigenvalue weighted by Crippen LogP contribution is 2.41. The third-order valence-electron chi connectivity index (χ3n) is 4.14. The third kappa shape index (κ3) is 3.99. The van der Waals surface area contributed by atoms with Gasteiger partial charge in [0, 0.05) is 10.6 Å². The lowest BCUT2D eigenvalue weighted by molar-refractivity contribution is 0.188. The fourth-order valence-corrected chi connectivity index (χ4v) is 2.93. The van der Waals surface area contributed by atoms with Crippen molar-refractivity contribution in [2.45, 2.75) is 20.0 Å². The van der Waals surface area contributed by atoms with Gasteiger partial charge >= 0.3 is 0 Å². The number of nitrogens with zero attached hydrogens (tertiary/aromatic N) is 2. The summed E-state index contributed by atoms with van der Waals surface area (Å²) in [4.78, 5) is 0. The van der Waals surface area contributed by atoms with E-state index in [9.17, 15) is 0 Å². The van der Waals surface area contributed by atoms with Crippen LogP contribution in [0, 0.1) is 6.92 Å². The van der Waals surface area contributed by atoms with E-state index in [0.29, 0.717) is 45.4 Å². The molecule has 0 aliphatic rings. The van der Waals surface area contributed by atoms with E-state index in [1.807, 2.05) is 26.0 Å². The van der Waals surface area contributed by atoms with Crippen molar-refractivity contribution in [1.29, 1.82) is 0 Å². The molecular weight excluding hydrogens is 384 g/mol. The Balaban J connectivity index is 1.87. The van der Waals surface area contributed by atoms with Crippen molar-refractivity contribution in [3.05, 3.63) is 46.8 Å². The second-order valence-corrected chi connectivity index (χ2v) is 6.47. The van der Waals surface area contributed by atoms with Gasteiger partial charge in [-0.3, -0.25) is 0 Å². The summed E-state index contributed by atoms with van der Waals surface area (Å²) in [7, 11) is 4.64. The van der Waals surface area contributed by atoms with E-state index in [1.165, 1.54) is 0 Å². The van der Waals surface area contributed by atoms with Gasteiger partial charge < -0.3 is 23.4 Å². The van der Waals surface area contributed by atoms with Crippen molar-refractivity contribution in [2.75, 3.05) is 21.3 Å². The van der Waals surface area contributed by atoms with E-state index in [-0.39, 0.29) is 0 Å². The molecule has 0 saturated heterocycles. The van der Waals surface area contributed by atoms with Crippen LogP contribution in [0.5, 0.6) is 23.0 Å². The summed E-state index contributed by atoms with van der Waals surface area (Å²) in [5.41, 5.74) is 1.56. The Morgan fingerprint density at radius 3 is 2.18 bits per heavy atom. The fourth-order valence-electron chi connectivity index (χ4n) is 2.71. The van der Waals surface area contributed by atoms with E-state index < -0.39 is 6.10 Å². The molecule has 0 fully saturated rings. The number of aromatic nitrogens is 2. The van der Waals surface area contributed by atoms with Gasteiger partial charge in [0.15, 0.2) is 17.6 Å². The molecule has 0 radical (unpaired) electrons. The van der Waals surface area contributed by atoms with Crippen LogP contribution >= 0.6 is 11.6 Å². The lowest BCUT2D eigenvalue weighted by atomic mass is 10.2. The molecule has 8 heteroatoms. The zero-order chi connectivity index (χ0) is 20.3. The molecule has 1 aromatic heterocycles. The fraction of sp³-hybridized carbons (Fsp3) is 0.300. The molecule has 0 spiro atoms. The van der Waals surface area contributed by atoms with E-state index >= 15 is 0 Å². The Bertz CT molecular complexity index is 948. The first kappa shape index (κ1) is 19.8. The smallest absolute Gasteiger partial charge is 0.257 e. The Kier molecular flexibility index (Phi) is 5.94. The standard InChI is InChI=1S/C20H21ClN2O5/c1-11-8-14(21)6-7-15(11)27-12(2)19-22-23-20(28-19)13-9-16(24-3)18(26-5)17(10-13)25-4/h6-10,12H,1-5H3/t12-/m1/s1. The van der Waals surface area contributed by atoms with Crippen molar-refractivity contribution in [1.82, 2.24) is 10.2 Å². The molecule has 1 heterocycles. The van der Waals surface area contributed by atoms with E-state index in [2.05, 4.69) is 10.2 Å². The van der Waals surface area contributed by atoms with Crippen molar-refractivity contribution >= 4 is 11.6 Å². The molecular formula is C20H21ClN2O5. The number of hydrogen-bond donors (Lipinski definition) is 0. The average molecular weight is 405 g/mol. The van der Waals surface area contributed by atoms with Crippen LogP contribution in [0.2, 0.25) is 5.02 Å². The normalized spacial score (nSPS) is 11.8. The lowest BCUT2D eigenvalue weighted by Crippen LogP contribution is -2.04. The summed E-state index contributed by atoms with van der Waals surface area (Å²) < 4.78 is 27.8. The summed E-state index contributed by atoms with van der Waals surface area (Å²) in [5.74, 6) is 2.85. The van der Waals surface area contributed by atoms with Crippen LogP contribution in [-0.4, -0.2) is 31.5 Å². The molecule has 7 nitrogen and oxygen atoms in total. The maximum atomic E-state index is 5.99. The number of rotatable bonds is 7. The molecule has 0 unspecified atom stereocenters. The second-order valence-electron chi connectivity index (χ2n) is 6.03. The minimum absolute atomic E-state index is 0.317. The molecule has 148 valence electrons. The van der Waals surface area contributed by atoms with Gasteiger partial charge in [-0.25, -0.2) is 0 Å². The number of benzene rings is 2. The molecule has 0 aliphatic carbocycles. The predicted octanol–water partition coefficient (Wildman–Crippen LogP) is 4.86. The maximum absolute atomic E-state index is 5.99. The van der Waals surface area contributed by atoms with Crippen molar-refractivity contribution < 1.29 is 23.4 Å². The number of hydrogen-bond acceptors (Lipinski definition) is 7. The van der Waals surface area contributed by atoms with Crippen molar-refractivity contribution in [3.8, 4) is 34.5 Å². The molecule has 0 amide bonds. The van der Waals surface area contributed by atoms with E-state index in [1.54, 1.807) is 39.5 Å². The largest absolute Gasteiger partial charge is 0.493 e. The summed E-state index contributed by atoms with van der Waals surface area (Å²) in [6, 6.07) is 8.90. The summed E-state index contributed by atoms with van der Waals surface area (Å²) >= 11 is 5.99. The summed E-state index contributed by atoms with van der Waals surface area (Å²) in [6.45, 7) is 3.75. The molecule has 0 bridgehead atoms. The second kappa shape index (κ2) is 8.39. The number of ether oxygens (including phenoxy) is 4. The highest BCUT2D eigenvalue weighted by molar-refractivity contribution is 6.30. The SMILES string of the molecule is COc1cc(-c2nnc([C@@H](C)Oc3ccc(Cl)cc3C)o2)cc(OC)c1OC. The van der Waals surface area contributed by atoms with Crippen LogP contribution in [0.4, 0.5) is 0 Å². The Morgan fingerprint density at radius 2 is 1.61 bits per heavy atom. The van der Waals surface area contributed by atoms with E-state index in [0.717, 1.165) is 5.56 Å². The molecule has 0 saturated carbocycles. The first-order chi connectivity index (χ1) is 13.5. The van der Waals surface area contributed by atoms with Gasteiger partial charge in [-0.15, -0.1) is 10.2 Å². The number of aryl methyl sites for hydroxylation is 1. The molecule has 0 N–H and O–H groups in total. The summed E-state index contributed by atoms with van der Waals surface area (Å²) in [6.07, 6.45) is -0.442. The zero-order valence-electron chi connectivity index (χ0n) is 16.3. The molecule has 3 rings (SSSR count). The van der Waals surface area contributed by atoms with Gasteiger partial charge in [0.25, 0.3) is 5.89 Å². The quantitative estimate of drug-likeness (QED) is 0.556. The molecule has 0 aliphatic heterocycles. The van der Waals surface area contributed by atoms with Crippen LogP contribution in [0.15, 0.2) is 34.7 Å². The van der Waals surface area contributed by atoms with Crippen LogP contribution in [0.25, 0.3) is 11.5 Å². The first-order valence-electron chi connectivity index (χ1n) is 8.53. The minimum Gasteiger partial charge on any atom is -0.493 e. The van der Waals surface area contributed by atoms with Gasteiger partial charge in [-0.1, -0.05) is 11.6 Å². The van der Waals surface area contributed by atoms with Gasteiger partial charge in [0.05, 0.1) is 21.3 Å². The Hall–Kier alpha value is -2.93. The van der Waals surface area contributed by atoms with Crippen LogP contribution < -0.4 is 18.9 Å². The minimum atomic E-state index is -0.442. The van der Waals surface area contributed by atoms with Crippen molar-refractivity contribution in [3.63, 3.8) is 0 Å². The van der Waals surface area contributed by atoms with Gasteiger partial charge in [-0.2, -0.15) is 0 Å². The average Bonchev–Trinajstić information content (AvgIpc) is 3.19. The predicted molar refractivity (Wildman–Crippen MR) is 105 cm³/mol. The Morgan fingerprint density at radius 1 is 0.929 bits per heavy atom. The number of methoxy groups -OCH3 is 3. The lowest BCUT2D eigenvalue weighted by Gasteiger charge is -2.13. The first-order valence-corrected chi connectivity index (χ1v) is 8.91.